The van der Waals surface area contributed by atoms with E-state index < -0.39 is 17.4 Å². The summed E-state index contributed by atoms with van der Waals surface area (Å²) in [5.41, 5.74) is -1.78. The van der Waals surface area contributed by atoms with Gasteiger partial charge in [-0.2, -0.15) is 13.2 Å². The molecule has 0 aliphatic carbocycles. The molecule has 0 unspecified atom stereocenters. The third kappa shape index (κ3) is 4.20. The molecule has 0 spiro atoms. The van der Waals surface area contributed by atoms with E-state index in [0.717, 1.165) is 32.0 Å². The highest BCUT2D eigenvalue weighted by atomic mass is 19.4. The molecule has 0 bridgehead atoms. The van der Waals surface area contributed by atoms with Crippen LogP contribution in [0.5, 0.6) is 0 Å². The van der Waals surface area contributed by atoms with Crippen LogP contribution in [0.25, 0.3) is 0 Å². The summed E-state index contributed by atoms with van der Waals surface area (Å²) in [5.74, 6) is 0. The summed E-state index contributed by atoms with van der Waals surface area (Å²) in [5, 5.41) is 0. The minimum atomic E-state index is -4.56. The van der Waals surface area contributed by atoms with Crippen LogP contribution >= 0.6 is 0 Å². The number of aromatic nitrogens is 2. The minimum Gasteiger partial charge on any atom is -0.299 e. The van der Waals surface area contributed by atoms with Crippen molar-refractivity contribution < 1.29 is 13.2 Å². The quantitative estimate of drug-likeness (QED) is 0.751. The molecule has 6 heteroatoms. The van der Waals surface area contributed by atoms with Crippen molar-refractivity contribution in [1.29, 1.82) is 0 Å². The van der Waals surface area contributed by atoms with E-state index in [1.807, 2.05) is 0 Å². The first-order chi connectivity index (χ1) is 7.95. The molecule has 0 fully saturated rings. The number of unbranched alkanes of at least 4 members (excludes halogenated alkanes) is 3. The SMILES string of the molecule is CCCCCCn1cnc(C(F)(F)F)cc1=O. The maximum atomic E-state index is 12.2. The van der Waals surface area contributed by atoms with Crippen molar-refractivity contribution in [2.24, 2.45) is 0 Å². The van der Waals surface area contributed by atoms with Gasteiger partial charge in [0.15, 0.2) is 5.69 Å². The van der Waals surface area contributed by atoms with Gasteiger partial charge in [-0.15, -0.1) is 0 Å². The van der Waals surface area contributed by atoms with E-state index in [1.54, 1.807) is 0 Å². The monoisotopic (exact) mass is 248 g/mol. The van der Waals surface area contributed by atoms with Gasteiger partial charge in [-0.1, -0.05) is 26.2 Å². The lowest BCUT2D eigenvalue weighted by Crippen LogP contribution is -2.23. The molecule has 0 atom stereocenters. The average Bonchev–Trinajstić information content (AvgIpc) is 2.24. The molecule has 0 aliphatic rings. The predicted molar refractivity (Wildman–Crippen MR) is 57.6 cm³/mol. The van der Waals surface area contributed by atoms with Crippen molar-refractivity contribution in [3.8, 4) is 0 Å². The van der Waals surface area contributed by atoms with Gasteiger partial charge in [0.1, 0.15) is 0 Å². The number of alkyl halides is 3. The van der Waals surface area contributed by atoms with Crippen LogP contribution in [0.1, 0.15) is 38.3 Å². The van der Waals surface area contributed by atoms with Crippen LogP contribution in [-0.4, -0.2) is 9.55 Å². The second-order valence-electron chi connectivity index (χ2n) is 3.86. The lowest BCUT2D eigenvalue weighted by Gasteiger charge is -2.08. The number of nitrogens with zero attached hydrogens (tertiary/aromatic N) is 2. The van der Waals surface area contributed by atoms with Gasteiger partial charge in [0, 0.05) is 12.6 Å². The number of halogens is 3. The molecule has 0 saturated carbocycles. The van der Waals surface area contributed by atoms with Gasteiger partial charge in [-0.05, 0) is 6.42 Å². The van der Waals surface area contributed by atoms with Gasteiger partial charge in [0.25, 0.3) is 5.56 Å². The molecule has 17 heavy (non-hydrogen) atoms. The second-order valence-corrected chi connectivity index (χ2v) is 3.86. The molecule has 0 aromatic carbocycles. The third-order valence-corrected chi connectivity index (χ3v) is 2.42. The molecule has 1 rings (SSSR count). The van der Waals surface area contributed by atoms with Crippen molar-refractivity contribution >= 4 is 0 Å². The Hall–Kier alpha value is -1.33. The van der Waals surface area contributed by atoms with E-state index in [2.05, 4.69) is 11.9 Å². The summed E-state index contributed by atoms with van der Waals surface area (Å²) in [4.78, 5) is 14.6. The van der Waals surface area contributed by atoms with E-state index in [9.17, 15) is 18.0 Å². The van der Waals surface area contributed by atoms with Crippen LogP contribution in [0.15, 0.2) is 17.2 Å². The van der Waals surface area contributed by atoms with Crippen molar-refractivity contribution in [2.75, 3.05) is 0 Å². The summed E-state index contributed by atoms with van der Waals surface area (Å²) in [6.07, 6.45) is 0.283. The fourth-order valence-corrected chi connectivity index (χ4v) is 1.46. The van der Waals surface area contributed by atoms with Crippen molar-refractivity contribution in [3.05, 3.63) is 28.4 Å². The Kier molecular flexibility index (Phi) is 4.72. The van der Waals surface area contributed by atoms with Crippen molar-refractivity contribution in [1.82, 2.24) is 9.55 Å². The first-order valence-electron chi connectivity index (χ1n) is 5.59. The summed E-state index contributed by atoms with van der Waals surface area (Å²) >= 11 is 0. The number of aryl methyl sites for hydroxylation is 1. The van der Waals surface area contributed by atoms with E-state index in [1.165, 1.54) is 4.57 Å². The standard InChI is InChI=1S/C11H15F3N2O/c1-2-3-4-5-6-16-8-15-9(7-10(16)17)11(12,13)14/h7-8H,2-6H2,1H3. The normalized spacial score (nSPS) is 11.8. The van der Waals surface area contributed by atoms with Gasteiger partial charge in [0.2, 0.25) is 0 Å². The average molecular weight is 248 g/mol. The van der Waals surface area contributed by atoms with Crippen LogP contribution in [0.3, 0.4) is 0 Å². The van der Waals surface area contributed by atoms with Crippen LogP contribution in [0.4, 0.5) is 13.2 Å². The lowest BCUT2D eigenvalue weighted by molar-refractivity contribution is -0.141. The molecular weight excluding hydrogens is 233 g/mol. The van der Waals surface area contributed by atoms with Gasteiger partial charge >= 0.3 is 6.18 Å². The summed E-state index contributed by atoms with van der Waals surface area (Å²) in [6, 6.07) is 0.541. The van der Waals surface area contributed by atoms with Gasteiger partial charge in [-0.25, -0.2) is 4.98 Å². The van der Waals surface area contributed by atoms with Crippen molar-refractivity contribution in [3.63, 3.8) is 0 Å². The second kappa shape index (κ2) is 5.84. The lowest BCUT2D eigenvalue weighted by atomic mass is 10.2. The van der Waals surface area contributed by atoms with E-state index in [-0.39, 0.29) is 0 Å². The Bertz CT molecular complexity index is 412. The zero-order valence-corrected chi connectivity index (χ0v) is 9.63. The smallest absolute Gasteiger partial charge is 0.299 e. The zero-order chi connectivity index (χ0) is 12.9. The first-order valence-corrected chi connectivity index (χ1v) is 5.59. The Balaban J connectivity index is 2.67. The highest BCUT2D eigenvalue weighted by Crippen LogP contribution is 2.25. The molecule has 0 saturated heterocycles. The zero-order valence-electron chi connectivity index (χ0n) is 9.63. The van der Waals surface area contributed by atoms with Crippen LogP contribution in [0, 0.1) is 0 Å². The third-order valence-electron chi connectivity index (χ3n) is 2.42. The Morgan fingerprint density at radius 1 is 1.29 bits per heavy atom. The fraction of sp³-hybridized carbons (Fsp3) is 0.636. The molecule has 0 N–H and O–H groups in total. The van der Waals surface area contributed by atoms with Crippen LogP contribution < -0.4 is 5.56 Å². The van der Waals surface area contributed by atoms with Gasteiger partial charge < -0.3 is 0 Å². The molecule has 1 heterocycles. The number of rotatable bonds is 5. The molecular formula is C11H15F3N2O. The summed E-state index contributed by atoms with van der Waals surface area (Å²) < 4.78 is 37.9. The van der Waals surface area contributed by atoms with E-state index in [4.69, 9.17) is 0 Å². The molecule has 3 nitrogen and oxygen atoms in total. The summed E-state index contributed by atoms with van der Waals surface area (Å²) in [7, 11) is 0. The van der Waals surface area contributed by atoms with Gasteiger partial charge in [-0.3, -0.25) is 9.36 Å². The minimum absolute atomic E-state index is 0.421. The van der Waals surface area contributed by atoms with Crippen LogP contribution in [-0.2, 0) is 12.7 Å². The van der Waals surface area contributed by atoms with Crippen LogP contribution in [0.2, 0.25) is 0 Å². The van der Waals surface area contributed by atoms with Gasteiger partial charge in [0.05, 0.1) is 6.33 Å². The topological polar surface area (TPSA) is 34.9 Å². The number of hydrogen-bond acceptors (Lipinski definition) is 2. The Morgan fingerprint density at radius 2 is 2.00 bits per heavy atom. The molecule has 1 aromatic heterocycles. The van der Waals surface area contributed by atoms with E-state index in [0.29, 0.717) is 12.6 Å². The maximum Gasteiger partial charge on any atom is 0.433 e. The number of hydrogen-bond donors (Lipinski definition) is 0. The molecule has 0 radical (unpaired) electrons. The Labute approximate surface area is 97.3 Å². The molecule has 0 aliphatic heterocycles. The predicted octanol–water partition coefficient (Wildman–Crippen LogP) is 2.84. The van der Waals surface area contributed by atoms with E-state index >= 15 is 0 Å². The highest BCUT2D eigenvalue weighted by Gasteiger charge is 2.32. The maximum absolute atomic E-state index is 12.2. The first kappa shape index (κ1) is 13.7. The fourth-order valence-electron chi connectivity index (χ4n) is 1.46. The highest BCUT2D eigenvalue weighted by molar-refractivity contribution is 5.03. The molecule has 96 valence electrons. The molecule has 1 aromatic rings. The Morgan fingerprint density at radius 3 is 2.53 bits per heavy atom. The largest absolute Gasteiger partial charge is 0.433 e. The van der Waals surface area contributed by atoms with Crippen molar-refractivity contribution in [2.45, 2.75) is 45.3 Å². The molecule has 0 amide bonds. The summed E-state index contributed by atoms with van der Waals surface area (Å²) in [6.45, 7) is 2.48.